The Labute approximate surface area is 145 Å². The van der Waals surface area contributed by atoms with Gasteiger partial charge in [-0.3, -0.25) is 14.2 Å². The van der Waals surface area contributed by atoms with Crippen LogP contribution in [0, 0.1) is 13.8 Å². The number of aryl methyl sites for hydroxylation is 2. The molecule has 0 fully saturated rings. The number of carbonyl (C=O) groups excluding carboxylic acids is 1. The summed E-state index contributed by atoms with van der Waals surface area (Å²) < 4.78 is 6.39. The van der Waals surface area contributed by atoms with E-state index in [1.54, 1.807) is 29.7 Å². The molecule has 0 aliphatic carbocycles. The Morgan fingerprint density at radius 1 is 1.20 bits per heavy atom. The molecule has 0 atom stereocenters. The van der Waals surface area contributed by atoms with Gasteiger partial charge in [-0.25, -0.2) is 4.98 Å². The molecule has 0 aliphatic heterocycles. The first-order valence-corrected chi connectivity index (χ1v) is 7.89. The Balaban J connectivity index is 2.06. The summed E-state index contributed by atoms with van der Waals surface area (Å²) in [5.74, 6) is 0.387. The number of benzene rings is 2. The first-order chi connectivity index (χ1) is 12.0. The molecule has 6 nitrogen and oxygen atoms in total. The van der Waals surface area contributed by atoms with Gasteiger partial charge in [0.05, 0.1) is 16.6 Å². The maximum Gasteiger partial charge on any atom is 0.265 e. The first kappa shape index (κ1) is 16.9. The van der Waals surface area contributed by atoms with E-state index in [9.17, 15) is 9.59 Å². The fourth-order valence-corrected chi connectivity index (χ4v) is 2.79. The third-order valence-corrected chi connectivity index (χ3v) is 3.96. The zero-order valence-corrected chi connectivity index (χ0v) is 14.4. The van der Waals surface area contributed by atoms with Gasteiger partial charge in [0, 0.05) is 12.8 Å². The van der Waals surface area contributed by atoms with Gasteiger partial charge in [0.25, 0.3) is 5.56 Å². The maximum absolute atomic E-state index is 12.8. The molecule has 2 aromatic carbocycles. The number of aromatic nitrogens is 2. The van der Waals surface area contributed by atoms with Crippen molar-refractivity contribution in [1.29, 1.82) is 0 Å². The van der Waals surface area contributed by atoms with Gasteiger partial charge in [-0.1, -0.05) is 12.1 Å². The predicted octanol–water partition coefficient (Wildman–Crippen LogP) is 2.59. The summed E-state index contributed by atoms with van der Waals surface area (Å²) >= 11 is 0. The fourth-order valence-electron chi connectivity index (χ4n) is 2.79. The lowest BCUT2D eigenvalue weighted by molar-refractivity contribution is -0.119. The number of nitrogens with one attached hydrogen (secondary N) is 1. The number of amides is 1. The summed E-state index contributed by atoms with van der Waals surface area (Å²) in [5.41, 5.74) is 2.81. The van der Waals surface area contributed by atoms with Gasteiger partial charge in [-0.15, -0.1) is 0 Å². The van der Waals surface area contributed by atoms with E-state index in [0.29, 0.717) is 28.1 Å². The van der Waals surface area contributed by atoms with Crippen LogP contribution in [0.25, 0.3) is 16.6 Å². The Kier molecular flexibility index (Phi) is 4.63. The third-order valence-electron chi connectivity index (χ3n) is 3.96. The molecule has 0 aliphatic rings. The van der Waals surface area contributed by atoms with Crippen LogP contribution in [-0.2, 0) is 9.53 Å². The summed E-state index contributed by atoms with van der Waals surface area (Å²) in [7, 11) is 1.47. The number of fused-ring (bicyclic) bond motifs is 1. The van der Waals surface area contributed by atoms with Crippen LogP contribution < -0.4 is 10.9 Å². The van der Waals surface area contributed by atoms with Crippen molar-refractivity contribution < 1.29 is 9.53 Å². The SMILES string of the molecule is COCC(=O)Nc1ccc(-n2c(C)nc3ccccc3c2=O)cc1C. The molecular formula is C19H19N3O3. The lowest BCUT2D eigenvalue weighted by Gasteiger charge is -2.14. The molecule has 3 rings (SSSR count). The minimum atomic E-state index is -0.223. The zero-order valence-electron chi connectivity index (χ0n) is 14.4. The predicted molar refractivity (Wildman–Crippen MR) is 97.3 cm³/mol. The number of anilines is 1. The first-order valence-electron chi connectivity index (χ1n) is 7.89. The average molecular weight is 337 g/mol. The molecule has 3 aromatic rings. The third kappa shape index (κ3) is 3.29. The minimum absolute atomic E-state index is 0.00560. The van der Waals surface area contributed by atoms with Crippen molar-refractivity contribution in [1.82, 2.24) is 9.55 Å². The number of carbonyl (C=O) groups is 1. The number of hydrogen-bond acceptors (Lipinski definition) is 4. The van der Waals surface area contributed by atoms with Gasteiger partial charge in [0.1, 0.15) is 12.4 Å². The molecule has 0 saturated carbocycles. The lowest BCUT2D eigenvalue weighted by atomic mass is 10.1. The minimum Gasteiger partial charge on any atom is -0.375 e. The molecular weight excluding hydrogens is 318 g/mol. The van der Waals surface area contributed by atoms with Crippen LogP contribution in [0.3, 0.4) is 0 Å². The van der Waals surface area contributed by atoms with Gasteiger partial charge >= 0.3 is 0 Å². The standard InChI is InChI=1S/C19H19N3O3/c1-12-10-14(8-9-16(12)21-18(23)11-25-3)22-13(2)20-17-7-5-4-6-15(17)19(22)24/h4-10H,11H2,1-3H3,(H,21,23). The lowest BCUT2D eigenvalue weighted by Crippen LogP contribution is -2.22. The highest BCUT2D eigenvalue weighted by Gasteiger charge is 2.11. The summed E-state index contributed by atoms with van der Waals surface area (Å²) in [5, 5.41) is 3.35. The van der Waals surface area contributed by atoms with E-state index < -0.39 is 0 Å². The smallest absolute Gasteiger partial charge is 0.265 e. The molecule has 1 amide bonds. The van der Waals surface area contributed by atoms with E-state index in [-0.39, 0.29) is 18.1 Å². The highest BCUT2D eigenvalue weighted by atomic mass is 16.5. The number of rotatable bonds is 4. The maximum atomic E-state index is 12.8. The van der Waals surface area contributed by atoms with E-state index in [1.807, 2.05) is 31.2 Å². The number of hydrogen-bond donors (Lipinski definition) is 1. The average Bonchev–Trinajstić information content (AvgIpc) is 2.57. The molecule has 25 heavy (non-hydrogen) atoms. The summed E-state index contributed by atoms with van der Waals surface area (Å²) in [6.07, 6.45) is 0. The van der Waals surface area contributed by atoms with Crippen molar-refractivity contribution in [3.63, 3.8) is 0 Å². The van der Waals surface area contributed by atoms with Gasteiger partial charge in [0.2, 0.25) is 5.91 Å². The molecule has 0 bridgehead atoms. The molecule has 1 N–H and O–H groups in total. The van der Waals surface area contributed by atoms with Crippen LogP contribution in [0.2, 0.25) is 0 Å². The van der Waals surface area contributed by atoms with E-state index in [2.05, 4.69) is 10.3 Å². The normalized spacial score (nSPS) is 10.8. The molecule has 0 spiro atoms. The number of ether oxygens (including phenoxy) is 1. The molecule has 0 saturated heterocycles. The topological polar surface area (TPSA) is 73.2 Å². The van der Waals surface area contributed by atoms with Gasteiger partial charge < -0.3 is 10.1 Å². The second-order valence-corrected chi connectivity index (χ2v) is 5.80. The van der Waals surface area contributed by atoms with Crippen LogP contribution >= 0.6 is 0 Å². The van der Waals surface area contributed by atoms with Crippen LogP contribution in [0.4, 0.5) is 5.69 Å². The second-order valence-electron chi connectivity index (χ2n) is 5.80. The second kappa shape index (κ2) is 6.86. The van der Waals surface area contributed by atoms with Crippen LogP contribution in [0.15, 0.2) is 47.3 Å². The van der Waals surface area contributed by atoms with Crippen LogP contribution in [-0.4, -0.2) is 29.2 Å². The van der Waals surface area contributed by atoms with E-state index >= 15 is 0 Å². The van der Waals surface area contributed by atoms with Gasteiger partial charge in [-0.05, 0) is 49.7 Å². The van der Waals surface area contributed by atoms with E-state index in [4.69, 9.17) is 4.74 Å². The summed E-state index contributed by atoms with van der Waals surface area (Å²) in [6.45, 7) is 3.67. The molecule has 1 aromatic heterocycles. The van der Waals surface area contributed by atoms with Crippen molar-refractivity contribution in [3.8, 4) is 5.69 Å². The Morgan fingerprint density at radius 2 is 1.96 bits per heavy atom. The van der Waals surface area contributed by atoms with Crippen molar-refractivity contribution in [2.75, 3.05) is 19.0 Å². The number of para-hydroxylation sites is 1. The van der Waals surface area contributed by atoms with Crippen molar-refractivity contribution in [2.45, 2.75) is 13.8 Å². The molecule has 6 heteroatoms. The Bertz CT molecular complexity index is 1010. The summed E-state index contributed by atoms with van der Waals surface area (Å²) in [6, 6.07) is 12.7. The van der Waals surface area contributed by atoms with E-state index in [0.717, 1.165) is 5.56 Å². The quantitative estimate of drug-likeness (QED) is 0.794. The Hall–Kier alpha value is -2.99. The monoisotopic (exact) mass is 337 g/mol. The number of nitrogens with zero attached hydrogens (tertiary/aromatic N) is 2. The van der Waals surface area contributed by atoms with Gasteiger partial charge in [0.15, 0.2) is 0 Å². The van der Waals surface area contributed by atoms with Gasteiger partial charge in [-0.2, -0.15) is 0 Å². The van der Waals surface area contributed by atoms with Crippen molar-refractivity contribution in [2.24, 2.45) is 0 Å². The zero-order chi connectivity index (χ0) is 18.0. The van der Waals surface area contributed by atoms with Crippen molar-refractivity contribution in [3.05, 3.63) is 64.2 Å². The van der Waals surface area contributed by atoms with Crippen LogP contribution in [0.5, 0.6) is 0 Å². The van der Waals surface area contributed by atoms with E-state index in [1.165, 1.54) is 7.11 Å². The summed E-state index contributed by atoms with van der Waals surface area (Å²) in [4.78, 5) is 29.0. The Morgan fingerprint density at radius 3 is 2.68 bits per heavy atom. The molecule has 0 unspecified atom stereocenters. The highest BCUT2D eigenvalue weighted by Crippen LogP contribution is 2.20. The fraction of sp³-hybridized carbons (Fsp3) is 0.211. The van der Waals surface area contributed by atoms with Crippen molar-refractivity contribution >= 4 is 22.5 Å². The molecule has 1 heterocycles. The van der Waals surface area contributed by atoms with Crippen LogP contribution in [0.1, 0.15) is 11.4 Å². The molecule has 0 radical (unpaired) electrons. The highest BCUT2D eigenvalue weighted by molar-refractivity contribution is 5.92. The molecule has 128 valence electrons. The largest absolute Gasteiger partial charge is 0.375 e. The number of methoxy groups -OCH3 is 1.